The minimum absolute atomic E-state index is 0.0824. The minimum Gasteiger partial charge on any atom is -0.396 e. The number of aliphatic hydroxyl groups excluding tert-OH is 1. The minimum atomic E-state index is -0.712. The fraction of sp³-hybridized carbons (Fsp3) is 0.364. The molecule has 0 aromatic heterocycles. The van der Waals surface area contributed by atoms with Crippen molar-refractivity contribution in [3.63, 3.8) is 0 Å². The number of hydrazone groups is 1. The maximum Gasteiger partial charge on any atom is 0.301 e. The Hall–Kier alpha value is -2.55. The Morgan fingerprint density at radius 1 is 1.25 bits per heavy atom. The summed E-state index contributed by atoms with van der Waals surface area (Å²) in [6.07, 6.45) is 3.56. The standard InChI is InChI=1S/C11H14N4O5/c16-7-3-1-2-6-12-13-10-5-4-9(14(17)18)8-11(10)15(19)20/h4-6,8,13,16H,1-3,7H2/b12-6-. The van der Waals surface area contributed by atoms with Crippen molar-refractivity contribution in [2.24, 2.45) is 5.10 Å². The van der Waals surface area contributed by atoms with Gasteiger partial charge in [-0.25, -0.2) is 0 Å². The molecule has 0 spiro atoms. The van der Waals surface area contributed by atoms with Gasteiger partial charge in [-0.05, 0) is 25.3 Å². The number of hydrogen-bond donors (Lipinski definition) is 2. The number of nitro groups is 2. The molecule has 0 bridgehead atoms. The summed E-state index contributed by atoms with van der Waals surface area (Å²) >= 11 is 0. The van der Waals surface area contributed by atoms with E-state index in [0.29, 0.717) is 12.8 Å². The van der Waals surface area contributed by atoms with Crippen LogP contribution in [0.5, 0.6) is 0 Å². The van der Waals surface area contributed by atoms with Crippen molar-refractivity contribution in [2.45, 2.75) is 19.3 Å². The van der Waals surface area contributed by atoms with E-state index in [1.165, 1.54) is 12.3 Å². The SMILES string of the molecule is O=[N+]([O-])c1ccc(N/N=C\CCCCO)c([N+](=O)[O-])c1. The average molecular weight is 282 g/mol. The van der Waals surface area contributed by atoms with E-state index >= 15 is 0 Å². The van der Waals surface area contributed by atoms with E-state index in [1.54, 1.807) is 0 Å². The van der Waals surface area contributed by atoms with Gasteiger partial charge in [-0.1, -0.05) is 0 Å². The molecule has 0 saturated carbocycles. The monoisotopic (exact) mass is 282 g/mol. The molecule has 0 fully saturated rings. The lowest BCUT2D eigenvalue weighted by molar-refractivity contribution is -0.393. The third kappa shape index (κ3) is 4.61. The molecule has 1 aromatic carbocycles. The molecule has 0 aliphatic rings. The zero-order valence-electron chi connectivity index (χ0n) is 10.6. The summed E-state index contributed by atoms with van der Waals surface area (Å²) in [5.74, 6) is 0. The number of anilines is 1. The molecule has 20 heavy (non-hydrogen) atoms. The van der Waals surface area contributed by atoms with Gasteiger partial charge in [0.05, 0.1) is 15.9 Å². The maximum absolute atomic E-state index is 10.8. The second kappa shape index (κ2) is 7.79. The van der Waals surface area contributed by atoms with Crippen LogP contribution in [0, 0.1) is 20.2 Å². The van der Waals surface area contributed by atoms with Crippen LogP contribution in [0.4, 0.5) is 17.1 Å². The van der Waals surface area contributed by atoms with Crippen LogP contribution in [-0.2, 0) is 0 Å². The molecule has 0 aliphatic heterocycles. The van der Waals surface area contributed by atoms with Crippen LogP contribution in [0.25, 0.3) is 0 Å². The molecule has 0 radical (unpaired) electrons. The smallest absolute Gasteiger partial charge is 0.301 e. The van der Waals surface area contributed by atoms with E-state index in [9.17, 15) is 20.2 Å². The first-order valence-corrected chi connectivity index (χ1v) is 5.87. The van der Waals surface area contributed by atoms with E-state index in [4.69, 9.17) is 5.11 Å². The van der Waals surface area contributed by atoms with E-state index in [2.05, 4.69) is 10.5 Å². The first kappa shape index (κ1) is 15.5. The summed E-state index contributed by atoms with van der Waals surface area (Å²) in [6, 6.07) is 3.28. The van der Waals surface area contributed by atoms with E-state index in [-0.39, 0.29) is 18.0 Å². The van der Waals surface area contributed by atoms with Gasteiger partial charge in [0.2, 0.25) is 0 Å². The molecule has 1 rings (SSSR count). The van der Waals surface area contributed by atoms with Crippen molar-refractivity contribution in [1.82, 2.24) is 0 Å². The summed E-state index contributed by atoms with van der Waals surface area (Å²) < 4.78 is 0. The summed E-state index contributed by atoms with van der Waals surface area (Å²) in [7, 11) is 0. The summed E-state index contributed by atoms with van der Waals surface area (Å²) in [4.78, 5) is 20.0. The van der Waals surface area contributed by atoms with E-state index < -0.39 is 15.5 Å². The lowest BCUT2D eigenvalue weighted by atomic mass is 10.2. The Kier molecular flexibility index (Phi) is 6.04. The maximum atomic E-state index is 10.8. The van der Waals surface area contributed by atoms with Gasteiger partial charge in [0, 0.05) is 18.9 Å². The zero-order valence-corrected chi connectivity index (χ0v) is 10.6. The van der Waals surface area contributed by atoms with Crippen molar-refractivity contribution in [2.75, 3.05) is 12.0 Å². The van der Waals surface area contributed by atoms with Gasteiger partial charge in [0.15, 0.2) is 0 Å². The van der Waals surface area contributed by atoms with Crippen LogP contribution < -0.4 is 5.43 Å². The zero-order chi connectivity index (χ0) is 15.0. The average Bonchev–Trinajstić information content (AvgIpc) is 2.42. The van der Waals surface area contributed by atoms with Gasteiger partial charge in [0.25, 0.3) is 5.69 Å². The number of nitrogens with one attached hydrogen (secondary N) is 1. The lowest BCUT2D eigenvalue weighted by Gasteiger charge is -2.01. The third-order valence-corrected chi connectivity index (χ3v) is 2.41. The molecule has 2 N–H and O–H groups in total. The Labute approximate surface area is 114 Å². The summed E-state index contributed by atoms with van der Waals surface area (Å²) in [5.41, 5.74) is 1.80. The highest BCUT2D eigenvalue weighted by atomic mass is 16.6. The van der Waals surface area contributed by atoms with Crippen molar-refractivity contribution in [1.29, 1.82) is 0 Å². The van der Waals surface area contributed by atoms with Crippen LogP contribution in [0.1, 0.15) is 19.3 Å². The second-order valence-electron chi connectivity index (χ2n) is 3.86. The molecule has 0 unspecified atom stereocenters. The predicted octanol–water partition coefficient (Wildman–Crippen LogP) is 2.06. The summed E-state index contributed by atoms with van der Waals surface area (Å²) in [6.45, 7) is 0.106. The second-order valence-corrected chi connectivity index (χ2v) is 3.86. The molecule has 0 amide bonds. The van der Waals surface area contributed by atoms with Crippen LogP contribution >= 0.6 is 0 Å². The molecular weight excluding hydrogens is 268 g/mol. The Bertz CT molecular complexity index is 518. The molecular formula is C11H14N4O5. The highest BCUT2D eigenvalue weighted by Crippen LogP contribution is 2.28. The van der Waals surface area contributed by atoms with Crippen LogP contribution in [0.2, 0.25) is 0 Å². The fourth-order valence-corrected chi connectivity index (χ4v) is 1.41. The number of nitrogens with zero attached hydrogens (tertiary/aromatic N) is 3. The Morgan fingerprint density at radius 2 is 2.00 bits per heavy atom. The van der Waals surface area contributed by atoms with Gasteiger partial charge >= 0.3 is 5.69 Å². The number of hydrogen-bond acceptors (Lipinski definition) is 7. The first-order chi connectivity index (χ1) is 9.56. The number of benzene rings is 1. The molecule has 1 aromatic rings. The number of non-ortho nitro benzene ring substituents is 1. The van der Waals surface area contributed by atoms with Crippen LogP contribution in [0.15, 0.2) is 23.3 Å². The Morgan fingerprint density at radius 3 is 2.60 bits per heavy atom. The van der Waals surface area contributed by atoms with Gasteiger partial charge in [-0.3, -0.25) is 25.7 Å². The molecule has 0 atom stereocenters. The van der Waals surface area contributed by atoms with Crippen molar-refractivity contribution in [3.05, 3.63) is 38.4 Å². The van der Waals surface area contributed by atoms with Crippen molar-refractivity contribution < 1.29 is 15.0 Å². The normalized spacial score (nSPS) is 10.7. The largest absolute Gasteiger partial charge is 0.396 e. The van der Waals surface area contributed by atoms with Crippen LogP contribution in [-0.4, -0.2) is 27.8 Å². The molecule has 9 nitrogen and oxygen atoms in total. The van der Waals surface area contributed by atoms with Crippen molar-refractivity contribution in [3.8, 4) is 0 Å². The van der Waals surface area contributed by atoms with E-state index in [0.717, 1.165) is 18.6 Å². The lowest BCUT2D eigenvalue weighted by Crippen LogP contribution is -1.98. The predicted molar refractivity (Wildman–Crippen MR) is 72.8 cm³/mol. The highest BCUT2D eigenvalue weighted by Gasteiger charge is 2.18. The summed E-state index contributed by atoms with van der Waals surface area (Å²) in [5, 5.41) is 33.8. The quantitative estimate of drug-likeness (QED) is 0.324. The number of unbranched alkanes of at least 4 members (excludes halogenated alkanes) is 2. The fourth-order valence-electron chi connectivity index (χ4n) is 1.41. The van der Waals surface area contributed by atoms with Gasteiger partial charge in [0.1, 0.15) is 5.69 Å². The molecule has 9 heteroatoms. The van der Waals surface area contributed by atoms with Crippen LogP contribution in [0.3, 0.4) is 0 Å². The van der Waals surface area contributed by atoms with E-state index in [1.807, 2.05) is 0 Å². The van der Waals surface area contributed by atoms with Gasteiger partial charge in [-0.2, -0.15) is 5.10 Å². The number of nitro benzene ring substituents is 2. The number of aliphatic hydroxyl groups is 1. The molecule has 0 saturated heterocycles. The van der Waals surface area contributed by atoms with Gasteiger partial charge in [-0.15, -0.1) is 0 Å². The first-order valence-electron chi connectivity index (χ1n) is 5.87. The van der Waals surface area contributed by atoms with Crippen molar-refractivity contribution >= 4 is 23.3 Å². The Balaban J connectivity index is 2.74. The molecule has 108 valence electrons. The highest BCUT2D eigenvalue weighted by molar-refractivity contribution is 5.67. The number of rotatable bonds is 8. The van der Waals surface area contributed by atoms with Gasteiger partial charge < -0.3 is 5.11 Å². The topological polar surface area (TPSA) is 131 Å². The third-order valence-electron chi connectivity index (χ3n) is 2.41. The molecule has 0 aliphatic carbocycles. The molecule has 0 heterocycles.